The molecule has 0 bridgehead atoms. The summed E-state index contributed by atoms with van der Waals surface area (Å²) in [5.41, 5.74) is 0. The summed E-state index contributed by atoms with van der Waals surface area (Å²) in [6, 6.07) is 1.17. The molecule has 0 spiro atoms. The zero-order valence-corrected chi connectivity index (χ0v) is 14.3. The molecule has 0 radical (unpaired) electrons. The van der Waals surface area contributed by atoms with Crippen molar-refractivity contribution in [1.29, 1.82) is 0 Å². The van der Waals surface area contributed by atoms with Crippen LogP contribution in [0, 0.1) is 5.92 Å². The topological polar surface area (TPSA) is 83.5 Å². The van der Waals surface area contributed by atoms with Crippen LogP contribution in [0.3, 0.4) is 0 Å². The second kappa shape index (κ2) is 7.15. The number of benzene rings is 1. The number of rotatable bonds is 6. The first-order valence-corrected chi connectivity index (χ1v) is 8.61. The fourth-order valence-corrected chi connectivity index (χ4v) is 4.50. The van der Waals surface area contributed by atoms with Crippen LogP contribution in [0.4, 0.5) is 0 Å². The maximum Gasteiger partial charge on any atom is 0.322 e. The highest BCUT2D eigenvalue weighted by molar-refractivity contribution is 7.89. The molecule has 0 aliphatic carbocycles. The lowest BCUT2D eigenvalue weighted by atomic mass is 10.0. The summed E-state index contributed by atoms with van der Waals surface area (Å²) in [5, 5.41) is 8.99. The lowest BCUT2D eigenvalue weighted by Gasteiger charge is -2.20. The molecule has 0 aliphatic rings. The Morgan fingerprint density at radius 3 is 2.14 bits per heavy atom. The normalized spacial score (nSPS) is 14.7. The first kappa shape index (κ1) is 18.5. The summed E-state index contributed by atoms with van der Waals surface area (Å²) in [6.45, 7) is 3.39. The highest BCUT2D eigenvalue weighted by Gasteiger charge is 2.31. The largest absolute Gasteiger partial charge is 0.480 e. The Kier molecular flexibility index (Phi) is 6.31. The molecule has 0 amide bonds. The predicted molar refractivity (Wildman–Crippen MR) is 82.7 cm³/mol. The Bertz CT molecular complexity index is 625. The highest BCUT2D eigenvalue weighted by Crippen LogP contribution is 2.33. The number of carbonyl (C=O) groups is 1. The van der Waals surface area contributed by atoms with Gasteiger partial charge in [0, 0.05) is 5.02 Å². The molecule has 1 aromatic rings. The number of hydrogen-bond acceptors (Lipinski definition) is 3. The molecular weight excluding hydrogens is 361 g/mol. The van der Waals surface area contributed by atoms with Gasteiger partial charge in [0.1, 0.15) is 10.9 Å². The standard InChI is InChI=1S/C12H14Cl3NO4S/c1-3-6(2)10(12(17)18)16-21(19,20)11-8(14)4-7(13)5-9(11)15/h4-6,10,16H,3H2,1-2H3,(H,17,18). The number of sulfonamides is 1. The van der Waals surface area contributed by atoms with Crippen molar-refractivity contribution < 1.29 is 18.3 Å². The number of halogens is 3. The molecule has 0 saturated heterocycles. The van der Waals surface area contributed by atoms with Crippen molar-refractivity contribution in [2.75, 3.05) is 0 Å². The summed E-state index contributed by atoms with van der Waals surface area (Å²) < 4.78 is 26.8. The second-order valence-electron chi connectivity index (χ2n) is 4.52. The number of carboxylic acid groups (broad SMARTS) is 1. The number of aliphatic carboxylic acids is 1. The average molecular weight is 375 g/mol. The van der Waals surface area contributed by atoms with Gasteiger partial charge in [-0.15, -0.1) is 0 Å². The summed E-state index contributed by atoms with van der Waals surface area (Å²) >= 11 is 17.4. The summed E-state index contributed by atoms with van der Waals surface area (Å²) in [4.78, 5) is 10.8. The van der Waals surface area contributed by atoms with Crippen LogP contribution < -0.4 is 4.72 Å². The average Bonchev–Trinajstić information content (AvgIpc) is 2.33. The molecule has 0 aromatic heterocycles. The van der Waals surface area contributed by atoms with E-state index in [9.17, 15) is 13.2 Å². The lowest BCUT2D eigenvalue weighted by molar-refractivity contribution is -0.140. The van der Waals surface area contributed by atoms with Gasteiger partial charge in [-0.1, -0.05) is 55.1 Å². The first-order valence-electron chi connectivity index (χ1n) is 5.99. The van der Waals surface area contributed by atoms with Gasteiger partial charge in [0.25, 0.3) is 0 Å². The third kappa shape index (κ3) is 4.47. The van der Waals surface area contributed by atoms with Crippen LogP contribution in [0.15, 0.2) is 17.0 Å². The number of carboxylic acids is 1. The molecule has 0 aliphatic heterocycles. The maximum atomic E-state index is 12.3. The summed E-state index contributed by atoms with van der Waals surface area (Å²) in [7, 11) is -4.19. The van der Waals surface area contributed by atoms with Crippen molar-refractivity contribution in [2.24, 2.45) is 5.92 Å². The van der Waals surface area contributed by atoms with Crippen molar-refractivity contribution in [1.82, 2.24) is 4.72 Å². The molecule has 118 valence electrons. The van der Waals surface area contributed by atoms with Crippen LogP contribution in [-0.4, -0.2) is 25.5 Å². The van der Waals surface area contributed by atoms with E-state index in [1.54, 1.807) is 13.8 Å². The van der Waals surface area contributed by atoms with E-state index in [0.717, 1.165) is 0 Å². The monoisotopic (exact) mass is 373 g/mol. The van der Waals surface area contributed by atoms with Gasteiger partial charge >= 0.3 is 5.97 Å². The fourth-order valence-electron chi connectivity index (χ4n) is 1.66. The van der Waals surface area contributed by atoms with Crippen LogP contribution in [0.25, 0.3) is 0 Å². The van der Waals surface area contributed by atoms with Gasteiger partial charge in [0.2, 0.25) is 10.0 Å². The summed E-state index contributed by atoms with van der Waals surface area (Å²) in [5.74, 6) is -1.67. The first-order chi connectivity index (χ1) is 9.60. The molecule has 1 rings (SSSR count). The Morgan fingerprint density at radius 1 is 1.29 bits per heavy atom. The van der Waals surface area contributed by atoms with Crippen molar-refractivity contribution in [3.05, 3.63) is 27.2 Å². The minimum atomic E-state index is -4.19. The minimum Gasteiger partial charge on any atom is -0.480 e. The van der Waals surface area contributed by atoms with Crippen molar-refractivity contribution in [3.63, 3.8) is 0 Å². The van der Waals surface area contributed by atoms with Gasteiger partial charge in [0.05, 0.1) is 10.0 Å². The SMILES string of the molecule is CCC(C)C(NS(=O)(=O)c1c(Cl)cc(Cl)cc1Cl)C(=O)O. The molecule has 2 atom stereocenters. The molecule has 5 nitrogen and oxygen atoms in total. The van der Waals surface area contributed by atoms with E-state index in [4.69, 9.17) is 39.9 Å². The third-order valence-electron chi connectivity index (χ3n) is 2.99. The maximum absolute atomic E-state index is 12.3. The molecule has 2 unspecified atom stereocenters. The molecule has 0 saturated carbocycles. The predicted octanol–water partition coefficient (Wildman–Crippen LogP) is 3.42. The molecule has 2 N–H and O–H groups in total. The van der Waals surface area contributed by atoms with E-state index in [0.29, 0.717) is 6.42 Å². The van der Waals surface area contributed by atoms with Crippen molar-refractivity contribution >= 4 is 50.8 Å². The molecule has 1 aromatic carbocycles. The Balaban J connectivity index is 3.26. The van der Waals surface area contributed by atoms with E-state index in [1.165, 1.54) is 12.1 Å². The smallest absolute Gasteiger partial charge is 0.322 e. The minimum absolute atomic E-state index is 0.173. The lowest BCUT2D eigenvalue weighted by Crippen LogP contribution is -2.45. The zero-order chi connectivity index (χ0) is 16.4. The van der Waals surface area contributed by atoms with Crippen LogP contribution >= 0.6 is 34.8 Å². The molecule has 0 fully saturated rings. The van der Waals surface area contributed by atoms with Gasteiger partial charge in [-0.2, -0.15) is 4.72 Å². The molecule has 9 heteroatoms. The van der Waals surface area contributed by atoms with Gasteiger partial charge in [-0.05, 0) is 18.1 Å². The van der Waals surface area contributed by atoms with Gasteiger partial charge in [-0.25, -0.2) is 8.42 Å². The van der Waals surface area contributed by atoms with Crippen LogP contribution in [-0.2, 0) is 14.8 Å². The molecular formula is C12H14Cl3NO4S. The summed E-state index contributed by atoms with van der Waals surface area (Å²) in [6.07, 6.45) is 0.488. The number of nitrogens with one attached hydrogen (secondary N) is 1. The quantitative estimate of drug-likeness (QED) is 0.799. The van der Waals surface area contributed by atoms with Crippen LogP contribution in [0.2, 0.25) is 15.1 Å². The Labute approximate surface area is 138 Å². The van der Waals surface area contributed by atoms with E-state index in [-0.39, 0.29) is 20.0 Å². The van der Waals surface area contributed by atoms with Crippen LogP contribution in [0.5, 0.6) is 0 Å². The van der Waals surface area contributed by atoms with E-state index in [1.807, 2.05) is 0 Å². The van der Waals surface area contributed by atoms with E-state index in [2.05, 4.69) is 4.72 Å². The van der Waals surface area contributed by atoms with Crippen molar-refractivity contribution in [2.45, 2.75) is 31.2 Å². The zero-order valence-electron chi connectivity index (χ0n) is 11.2. The van der Waals surface area contributed by atoms with Gasteiger partial charge < -0.3 is 5.11 Å². The van der Waals surface area contributed by atoms with Gasteiger partial charge in [0.15, 0.2) is 0 Å². The highest BCUT2D eigenvalue weighted by atomic mass is 35.5. The number of hydrogen-bond donors (Lipinski definition) is 2. The molecule has 21 heavy (non-hydrogen) atoms. The Morgan fingerprint density at radius 2 is 1.76 bits per heavy atom. The van der Waals surface area contributed by atoms with E-state index < -0.39 is 28.0 Å². The fraction of sp³-hybridized carbons (Fsp3) is 0.417. The Hall–Kier alpha value is -0.530. The third-order valence-corrected chi connectivity index (χ3v) is 5.57. The molecule has 0 heterocycles. The van der Waals surface area contributed by atoms with Gasteiger partial charge in [-0.3, -0.25) is 4.79 Å². The second-order valence-corrected chi connectivity index (χ2v) is 7.42. The van der Waals surface area contributed by atoms with Crippen LogP contribution in [0.1, 0.15) is 20.3 Å². The van der Waals surface area contributed by atoms with E-state index >= 15 is 0 Å². The van der Waals surface area contributed by atoms with Crippen molar-refractivity contribution in [3.8, 4) is 0 Å².